The van der Waals surface area contributed by atoms with Gasteiger partial charge in [0.25, 0.3) is 0 Å². The fourth-order valence-electron chi connectivity index (χ4n) is 11.3. The third-order valence-electron chi connectivity index (χ3n) is 17.7. The highest BCUT2D eigenvalue weighted by atomic mass is 31.2. The standard InChI is InChI=1S/C75H146O17P2/c1-9-68(8)54-46-38-29-23-16-12-10-11-13-17-25-31-41-49-57-74(79)92-71(62-86-73(78)56-48-40-34-33-37-45-53-67(6)7)64-90-94(83,84)88-60-69(76)59-87-93(81,82)89-63-70(61-85-72(77)55-47-39-30-24-20-19-22-28-36-44-52-66(4)5)91-75(80)58-50-42-32-26-18-14-15-21-27-35-43-51-65(2)3/h65-71,76H,9-64H2,1-8H3,(H,81,82)(H,83,84)/t68?,69-,70-,71-/m1/s1. The molecule has 0 spiro atoms. The summed E-state index contributed by atoms with van der Waals surface area (Å²) in [6.07, 6.45) is 48.6. The Morgan fingerprint density at radius 1 is 0.298 bits per heavy atom. The van der Waals surface area contributed by atoms with Gasteiger partial charge in [-0.15, -0.1) is 0 Å². The minimum atomic E-state index is -4.96. The van der Waals surface area contributed by atoms with Gasteiger partial charge in [-0.2, -0.15) is 0 Å². The van der Waals surface area contributed by atoms with Crippen molar-refractivity contribution in [2.24, 2.45) is 23.7 Å². The van der Waals surface area contributed by atoms with Gasteiger partial charge in [0.2, 0.25) is 0 Å². The molecule has 0 aliphatic heterocycles. The summed E-state index contributed by atoms with van der Waals surface area (Å²) in [5.74, 6) is 0.925. The van der Waals surface area contributed by atoms with Crippen molar-refractivity contribution in [3.05, 3.63) is 0 Å². The number of phosphoric acid groups is 2. The molecule has 0 amide bonds. The van der Waals surface area contributed by atoms with Gasteiger partial charge in [-0.1, -0.05) is 325 Å². The molecule has 0 aromatic carbocycles. The van der Waals surface area contributed by atoms with Crippen LogP contribution in [0.2, 0.25) is 0 Å². The van der Waals surface area contributed by atoms with Gasteiger partial charge in [-0.3, -0.25) is 37.3 Å². The number of aliphatic hydroxyl groups is 1. The van der Waals surface area contributed by atoms with Crippen LogP contribution in [-0.4, -0.2) is 96.7 Å². The monoisotopic (exact) mass is 1380 g/mol. The predicted octanol–water partition coefficient (Wildman–Crippen LogP) is 21.7. The topological polar surface area (TPSA) is 237 Å². The van der Waals surface area contributed by atoms with Crippen molar-refractivity contribution in [3.8, 4) is 0 Å². The molecule has 0 aromatic heterocycles. The third-order valence-corrected chi connectivity index (χ3v) is 19.6. The summed E-state index contributed by atoms with van der Waals surface area (Å²) < 4.78 is 68.5. The first kappa shape index (κ1) is 92.1. The molecule has 0 heterocycles. The molecule has 0 aliphatic rings. The Morgan fingerprint density at radius 3 is 0.755 bits per heavy atom. The predicted molar refractivity (Wildman–Crippen MR) is 381 cm³/mol. The fraction of sp³-hybridized carbons (Fsp3) is 0.947. The van der Waals surface area contributed by atoms with E-state index in [0.717, 1.165) is 114 Å². The van der Waals surface area contributed by atoms with E-state index in [4.69, 9.17) is 37.0 Å². The average Bonchev–Trinajstić information content (AvgIpc) is 1.45. The lowest BCUT2D eigenvalue weighted by molar-refractivity contribution is -0.161. The van der Waals surface area contributed by atoms with Crippen LogP contribution in [0.15, 0.2) is 0 Å². The van der Waals surface area contributed by atoms with Gasteiger partial charge in [0, 0.05) is 25.7 Å². The number of esters is 4. The molecule has 17 nitrogen and oxygen atoms in total. The molecule has 0 fully saturated rings. The highest BCUT2D eigenvalue weighted by molar-refractivity contribution is 7.47. The SMILES string of the molecule is CCC(C)CCCCCCCCCCCCCCCCC(=O)O[C@H](COC(=O)CCCCCCCCC(C)C)COP(=O)(O)OC[C@H](O)COP(=O)(O)OC[C@@H](COC(=O)CCCCCCCCCCCCC(C)C)OC(=O)CCCCCCCCCCCCCC(C)C. The Balaban J connectivity index is 5.23. The number of carbonyl (C=O) groups excluding carboxylic acids is 4. The number of hydrogen-bond acceptors (Lipinski definition) is 15. The Labute approximate surface area is 575 Å². The summed E-state index contributed by atoms with van der Waals surface area (Å²) in [5, 5.41) is 10.6. The number of unbranched alkanes of at least 4 members (excludes halogenated alkanes) is 37. The second-order valence-electron chi connectivity index (χ2n) is 28.7. The molecular formula is C75H146O17P2. The average molecular weight is 1380 g/mol. The number of rotatable bonds is 72. The largest absolute Gasteiger partial charge is 0.472 e. The first-order valence-corrected chi connectivity index (χ1v) is 41.7. The van der Waals surface area contributed by atoms with Gasteiger partial charge in [0.05, 0.1) is 26.4 Å². The second kappa shape index (κ2) is 64.4. The zero-order valence-corrected chi connectivity index (χ0v) is 63.4. The second-order valence-corrected chi connectivity index (χ2v) is 31.6. The smallest absolute Gasteiger partial charge is 0.462 e. The first-order valence-electron chi connectivity index (χ1n) is 38.7. The minimum absolute atomic E-state index is 0.106. The molecule has 3 N–H and O–H groups in total. The molecule has 19 heteroatoms. The lowest BCUT2D eigenvalue weighted by Gasteiger charge is -2.21. The fourth-order valence-corrected chi connectivity index (χ4v) is 12.9. The van der Waals surface area contributed by atoms with Crippen molar-refractivity contribution < 1.29 is 80.2 Å². The minimum Gasteiger partial charge on any atom is -0.462 e. The summed E-state index contributed by atoms with van der Waals surface area (Å²) >= 11 is 0. The van der Waals surface area contributed by atoms with Crippen molar-refractivity contribution in [3.63, 3.8) is 0 Å². The van der Waals surface area contributed by atoms with Crippen LogP contribution in [0.25, 0.3) is 0 Å². The lowest BCUT2D eigenvalue weighted by Crippen LogP contribution is -2.30. The summed E-state index contributed by atoms with van der Waals surface area (Å²) in [4.78, 5) is 72.7. The van der Waals surface area contributed by atoms with Gasteiger partial charge >= 0.3 is 39.5 Å². The van der Waals surface area contributed by atoms with Crippen LogP contribution < -0.4 is 0 Å². The molecule has 0 saturated carbocycles. The van der Waals surface area contributed by atoms with Crippen LogP contribution in [0.5, 0.6) is 0 Å². The molecule has 0 aliphatic carbocycles. The molecule has 3 unspecified atom stereocenters. The van der Waals surface area contributed by atoms with E-state index < -0.39 is 97.5 Å². The quantitative estimate of drug-likeness (QED) is 0.0222. The van der Waals surface area contributed by atoms with Crippen molar-refractivity contribution in [1.82, 2.24) is 0 Å². The third kappa shape index (κ3) is 67.3. The van der Waals surface area contributed by atoms with E-state index in [9.17, 15) is 43.2 Å². The zero-order valence-electron chi connectivity index (χ0n) is 61.6. The molecule has 6 atom stereocenters. The zero-order chi connectivity index (χ0) is 69.6. The number of hydrogen-bond donors (Lipinski definition) is 3. The normalized spacial score (nSPS) is 14.4. The molecule has 94 heavy (non-hydrogen) atoms. The molecule has 0 saturated heterocycles. The van der Waals surface area contributed by atoms with Gasteiger partial charge in [-0.25, -0.2) is 9.13 Å². The van der Waals surface area contributed by atoms with Crippen molar-refractivity contribution >= 4 is 39.5 Å². The van der Waals surface area contributed by atoms with Crippen LogP contribution in [0, 0.1) is 23.7 Å². The molecule has 0 rings (SSSR count). The van der Waals surface area contributed by atoms with Crippen LogP contribution in [-0.2, 0) is 65.4 Å². The van der Waals surface area contributed by atoms with Gasteiger partial charge in [0.1, 0.15) is 19.3 Å². The van der Waals surface area contributed by atoms with Gasteiger partial charge in [-0.05, 0) is 49.4 Å². The number of ether oxygens (including phenoxy) is 4. The van der Waals surface area contributed by atoms with Crippen LogP contribution >= 0.6 is 15.6 Å². The molecule has 0 radical (unpaired) electrons. The Kier molecular flexibility index (Phi) is 63.1. The summed E-state index contributed by atoms with van der Waals surface area (Å²) in [6.45, 7) is 14.2. The summed E-state index contributed by atoms with van der Waals surface area (Å²) in [5.41, 5.74) is 0. The molecule has 0 bridgehead atoms. The van der Waals surface area contributed by atoms with E-state index in [1.165, 1.54) is 173 Å². The molecule has 558 valence electrons. The van der Waals surface area contributed by atoms with Crippen molar-refractivity contribution in [2.45, 2.75) is 395 Å². The van der Waals surface area contributed by atoms with Crippen molar-refractivity contribution in [1.29, 1.82) is 0 Å². The molecule has 0 aromatic rings. The van der Waals surface area contributed by atoms with E-state index in [1.807, 2.05) is 0 Å². The first-order chi connectivity index (χ1) is 45.1. The van der Waals surface area contributed by atoms with E-state index in [-0.39, 0.29) is 25.7 Å². The summed E-state index contributed by atoms with van der Waals surface area (Å²) in [6, 6.07) is 0. The van der Waals surface area contributed by atoms with E-state index in [0.29, 0.717) is 31.6 Å². The van der Waals surface area contributed by atoms with E-state index >= 15 is 0 Å². The highest BCUT2D eigenvalue weighted by Gasteiger charge is 2.30. The number of carbonyl (C=O) groups is 4. The Bertz CT molecular complexity index is 1850. The van der Waals surface area contributed by atoms with Crippen LogP contribution in [0.1, 0.15) is 376 Å². The maximum Gasteiger partial charge on any atom is 0.472 e. The Hall–Kier alpha value is -1.94. The maximum absolute atomic E-state index is 13.1. The number of phosphoric ester groups is 2. The van der Waals surface area contributed by atoms with E-state index in [2.05, 4.69) is 55.4 Å². The summed E-state index contributed by atoms with van der Waals surface area (Å²) in [7, 11) is -9.91. The lowest BCUT2D eigenvalue weighted by atomic mass is 9.99. The Morgan fingerprint density at radius 2 is 0.511 bits per heavy atom. The number of aliphatic hydroxyl groups excluding tert-OH is 1. The highest BCUT2D eigenvalue weighted by Crippen LogP contribution is 2.45. The van der Waals surface area contributed by atoms with Crippen molar-refractivity contribution in [2.75, 3.05) is 39.6 Å². The van der Waals surface area contributed by atoms with Gasteiger partial charge < -0.3 is 33.8 Å². The van der Waals surface area contributed by atoms with Crippen LogP contribution in [0.4, 0.5) is 0 Å². The molecular weight excluding hydrogens is 1230 g/mol. The van der Waals surface area contributed by atoms with Gasteiger partial charge in [0.15, 0.2) is 12.2 Å². The maximum atomic E-state index is 13.1. The van der Waals surface area contributed by atoms with E-state index in [1.54, 1.807) is 0 Å². The van der Waals surface area contributed by atoms with Crippen LogP contribution in [0.3, 0.4) is 0 Å².